The largest absolute Gasteiger partial charge is 0.383 e. The minimum absolute atomic E-state index is 0.0268. The molecule has 0 radical (unpaired) electrons. The number of likely N-dealkylation sites (tertiary alicyclic amines) is 1. The number of piperidine rings is 1. The van der Waals surface area contributed by atoms with E-state index < -0.39 is 0 Å². The van der Waals surface area contributed by atoms with E-state index in [0.29, 0.717) is 31.8 Å². The third-order valence-corrected chi connectivity index (χ3v) is 4.54. The molecule has 1 atom stereocenters. The first-order chi connectivity index (χ1) is 13.2. The van der Waals surface area contributed by atoms with Gasteiger partial charge in [0.2, 0.25) is 0 Å². The van der Waals surface area contributed by atoms with Crippen LogP contribution in [0.1, 0.15) is 33.7 Å². The van der Waals surface area contributed by atoms with Gasteiger partial charge >= 0.3 is 0 Å². The standard InChI is InChI=1S/C18H24N6O3/c1-27-10-8-20-17(25)16-13-24(22-21-16)12-14-3-2-9-23(11-14)18(26)15-4-6-19-7-5-15/h4-7,13-14H,2-3,8-12H2,1H3,(H,20,25)/t14-/m0/s1. The van der Waals surface area contributed by atoms with Crippen molar-refractivity contribution in [2.45, 2.75) is 19.4 Å². The molecule has 2 amide bonds. The van der Waals surface area contributed by atoms with E-state index in [9.17, 15) is 9.59 Å². The summed E-state index contributed by atoms with van der Waals surface area (Å²) in [7, 11) is 1.58. The Kier molecular flexibility index (Phi) is 6.48. The molecule has 3 heterocycles. The van der Waals surface area contributed by atoms with Gasteiger partial charge in [-0.15, -0.1) is 5.10 Å². The molecule has 1 N–H and O–H groups in total. The fourth-order valence-corrected chi connectivity index (χ4v) is 3.19. The molecule has 0 aromatic carbocycles. The van der Waals surface area contributed by atoms with Gasteiger partial charge in [-0.05, 0) is 30.9 Å². The second kappa shape index (κ2) is 9.22. The molecule has 0 spiro atoms. The number of amides is 2. The summed E-state index contributed by atoms with van der Waals surface area (Å²) in [6, 6.07) is 3.47. The molecule has 0 unspecified atom stereocenters. The van der Waals surface area contributed by atoms with Gasteiger partial charge in [0, 0.05) is 51.2 Å². The smallest absolute Gasteiger partial charge is 0.273 e. The Hall–Kier alpha value is -2.81. The molecule has 144 valence electrons. The molecule has 27 heavy (non-hydrogen) atoms. The number of hydrogen-bond donors (Lipinski definition) is 1. The zero-order valence-corrected chi connectivity index (χ0v) is 15.4. The third-order valence-electron chi connectivity index (χ3n) is 4.54. The lowest BCUT2D eigenvalue weighted by atomic mass is 9.97. The number of nitrogens with zero attached hydrogens (tertiary/aromatic N) is 5. The van der Waals surface area contributed by atoms with Gasteiger partial charge in [-0.3, -0.25) is 19.3 Å². The molecule has 1 aliphatic heterocycles. The molecule has 0 aliphatic carbocycles. The first-order valence-corrected chi connectivity index (χ1v) is 9.04. The Morgan fingerprint density at radius 1 is 1.33 bits per heavy atom. The van der Waals surface area contributed by atoms with E-state index in [4.69, 9.17) is 4.74 Å². The third kappa shape index (κ3) is 5.10. The second-order valence-electron chi connectivity index (χ2n) is 6.57. The van der Waals surface area contributed by atoms with Crippen molar-refractivity contribution < 1.29 is 14.3 Å². The van der Waals surface area contributed by atoms with Gasteiger partial charge in [-0.1, -0.05) is 5.21 Å². The summed E-state index contributed by atoms with van der Waals surface area (Å²) in [5.41, 5.74) is 0.938. The lowest BCUT2D eigenvalue weighted by Gasteiger charge is -2.32. The average molecular weight is 372 g/mol. The SMILES string of the molecule is COCCNC(=O)c1cn(C[C@H]2CCCN(C(=O)c3ccncc3)C2)nn1. The van der Waals surface area contributed by atoms with E-state index in [0.717, 1.165) is 19.4 Å². The highest BCUT2D eigenvalue weighted by Crippen LogP contribution is 2.20. The zero-order chi connectivity index (χ0) is 19.1. The van der Waals surface area contributed by atoms with Crippen LogP contribution in [-0.2, 0) is 11.3 Å². The fraction of sp³-hybridized carbons (Fsp3) is 0.500. The van der Waals surface area contributed by atoms with Crippen LogP contribution in [0.25, 0.3) is 0 Å². The van der Waals surface area contributed by atoms with Crippen molar-refractivity contribution in [1.82, 2.24) is 30.2 Å². The molecular weight excluding hydrogens is 348 g/mol. The highest BCUT2D eigenvalue weighted by molar-refractivity contribution is 5.94. The Balaban J connectivity index is 1.55. The highest BCUT2D eigenvalue weighted by Gasteiger charge is 2.25. The Bertz CT molecular complexity index is 763. The first kappa shape index (κ1) is 19.0. The first-order valence-electron chi connectivity index (χ1n) is 9.04. The predicted molar refractivity (Wildman–Crippen MR) is 97.1 cm³/mol. The minimum Gasteiger partial charge on any atom is -0.383 e. The van der Waals surface area contributed by atoms with Crippen LogP contribution in [0.15, 0.2) is 30.7 Å². The summed E-state index contributed by atoms with van der Waals surface area (Å²) in [4.78, 5) is 30.4. The molecule has 9 nitrogen and oxygen atoms in total. The van der Waals surface area contributed by atoms with Crippen molar-refractivity contribution in [1.29, 1.82) is 0 Å². The molecule has 0 saturated carbocycles. The van der Waals surface area contributed by atoms with E-state index in [2.05, 4.69) is 20.6 Å². The van der Waals surface area contributed by atoms with Gasteiger partial charge in [0.1, 0.15) is 0 Å². The Morgan fingerprint density at radius 3 is 2.93 bits per heavy atom. The van der Waals surface area contributed by atoms with Crippen LogP contribution in [0, 0.1) is 5.92 Å². The quantitative estimate of drug-likeness (QED) is 0.714. The van der Waals surface area contributed by atoms with Crippen molar-refractivity contribution in [3.05, 3.63) is 42.0 Å². The van der Waals surface area contributed by atoms with Gasteiger partial charge in [0.25, 0.3) is 11.8 Å². The van der Waals surface area contributed by atoms with Crippen molar-refractivity contribution >= 4 is 11.8 Å². The molecular formula is C18H24N6O3. The van der Waals surface area contributed by atoms with Crippen molar-refractivity contribution in [2.24, 2.45) is 5.92 Å². The van der Waals surface area contributed by atoms with E-state index in [1.165, 1.54) is 0 Å². The van der Waals surface area contributed by atoms with Crippen LogP contribution in [0.2, 0.25) is 0 Å². The number of methoxy groups -OCH3 is 1. The maximum Gasteiger partial charge on any atom is 0.273 e. The van der Waals surface area contributed by atoms with Crippen LogP contribution in [0.3, 0.4) is 0 Å². The van der Waals surface area contributed by atoms with E-state index in [1.54, 1.807) is 42.5 Å². The zero-order valence-electron chi connectivity index (χ0n) is 15.4. The van der Waals surface area contributed by atoms with E-state index in [1.807, 2.05) is 4.90 Å². The molecule has 9 heteroatoms. The van der Waals surface area contributed by atoms with E-state index >= 15 is 0 Å². The van der Waals surface area contributed by atoms with Gasteiger partial charge in [0.15, 0.2) is 5.69 Å². The van der Waals surface area contributed by atoms with Gasteiger partial charge in [0.05, 0.1) is 12.8 Å². The molecule has 1 fully saturated rings. The van der Waals surface area contributed by atoms with Crippen LogP contribution in [0.4, 0.5) is 0 Å². The number of carbonyl (C=O) groups excluding carboxylic acids is 2. The van der Waals surface area contributed by atoms with Crippen molar-refractivity contribution in [3.63, 3.8) is 0 Å². The Labute approximate surface area is 157 Å². The van der Waals surface area contributed by atoms with Gasteiger partial charge < -0.3 is 15.0 Å². The van der Waals surface area contributed by atoms with Crippen LogP contribution in [-0.4, -0.2) is 70.0 Å². The highest BCUT2D eigenvalue weighted by atomic mass is 16.5. The normalized spacial score (nSPS) is 16.9. The molecule has 2 aromatic heterocycles. The molecule has 3 rings (SSSR count). The van der Waals surface area contributed by atoms with Crippen molar-refractivity contribution in [2.75, 3.05) is 33.4 Å². The number of ether oxygens (including phenoxy) is 1. The monoisotopic (exact) mass is 372 g/mol. The summed E-state index contributed by atoms with van der Waals surface area (Å²) in [5.74, 6) is 0.0333. The fourth-order valence-electron chi connectivity index (χ4n) is 3.19. The average Bonchev–Trinajstić information content (AvgIpc) is 3.17. The number of aromatic nitrogens is 4. The number of hydrogen-bond acceptors (Lipinski definition) is 6. The second-order valence-corrected chi connectivity index (χ2v) is 6.57. The number of nitrogens with one attached hydrogen (secondary N) is 1. The predicted octanol–water partition coefficient (Wildman–Crippen LogP) is 0.602. The summed E-state index contributed by atoms with van der Waals surface area (Å²) in [6.07, 6.45) is 6.86. The van der Waals surface area contributed by atoms with Crippen LogP contribution >= 0.6 is 0 Å². The Morgan fingerprint density at radius 2 is 2.15 bits per heavy atom. The summed E-state index contributed by atoms with van der Waals surface area (Å²) < 4.78 is 6.58. The van der Waals surface area contributed by atoms with E-state index in [-0.39, 0.29) is 23.4 Å². The molecule has 1 aliphatic rings. The number of rotatable bonds is 7. The summed E-state index contributed by atoms with van der Waals surface area (Å²) in [6.45, 7) is 2.91. The van der Waals surface area contributed by atoms with Gasteiger partial charge in [-0.25, -0.2) is 0 Å². The maximum absolute atomic E-state index is 12.6. The van der Waals surface area contributed by atoms with Crippen molar-refractivity contribution in [3.8, 4) is 0 Å². The minimum atomic E-state index is -0.267. The molecule has 1 saturated heterocycles. The molecule has 0 bridgehead atoms. The maximum atomic E-state index is 12.6. The topological polar surface area (TPSA) is 102 Å². The number of carbonyl (C=O) groups is 2. The van der Waals surface area contributed by atoms with Crippen LogP contribution in [0.5, 0.6) is 0 Å². The lowest BCUT2D eigenvalue weighted by molar-refractivity contribution is 0.0659. The summed E-state index contributed by atoms with van der Waals surface area (Å²) >= 11 is 0. The van der Waals surface area contributed by atoms with Crippen LogP contribution < -0.4 is 5.32 Å². The van der Waals surface area contributed by atoms with Gasteiger partial charge in [-0.2, -0.15) is 0 Å². The molecule has 2 aromatic rings. The lowest BCUT2D eigenvalue weighted by Crippen LogP contribution is -2.41. The summed E-state index contributed by atoms with van der Waals surface area (Å²) in [5, 5.41) is 10.7. The number of pyridine rings is 1.